The van der Waals surface area contributed by atoms with Crippen LogP contribution in [0, 0.1) is 6.92 Å². The van der Waals surface area contributed by atoms with Crippen LogP contribution in [0.25, 0.3) is 0 Å². The number of nitrogens with zero attached hydrogens (tertiary/aromatic N) is 3. The number of ether oxygens (including phenoxy) is 1. The largest absolute Gasteiger partial charge is 0.497 e. The van der Waals surface area contributed by atoms with Gasteiger partial charge in [0.2, 0.25) is 5.89 Å². The SMILES string of the molecule is COc1cccc(C(=O)N2CC(F)(F)C[C@H]2c2nc(C)no2)c1. The van der Waals surface area contributed by atoms with Crippen LogP contribution in [0.3, 0.4) is 0 Å². The van der Waals surface area contributed by atoms with E-state index < -0.39 is 30.8 Å². The first-order valence-corrected chi connectivity index (χ1v) is 7.03. The summed E-state index contributed by atoms with van der Waals surface area (Å²) in [6, 6.07) is 5.43. The van der Waals surface area contributed by atoms with E-state index in [0.29, 0.717) is 11.6 Å². The van der Waals surface area contributed by atoms with Gasteiger partial charge in [-0.15, -0.1) is 0 Å². The molecule has 0 saturated carbocycles. The number of carbonyl (C=O) groups excluding carboxylic acids is 1. The molecule has 3 rings (SSSR count). The number of methoxy groups -OCH3 is 1. The molecule has 0 radical (unpaired) electrons. The van der Waals surface area contributed by atoms with Crippen LogP contribution < -0.4 is 4.74 Å². The third kappa shape index (κ3) is 3.01. The molecule has 1 aliphatic rings. The highest BCUT2D eigenvalue weighted by molar-refractivity contribution is 5.95. The average molecular weight is 323 g/mol. The Kier molecular flexibility index (Phi) is 3.75. The minimum Gasteiger partial charge on any atom is -0.497 e. The van der Waals surface area contributed by atoms with Crippen molar-refractivity contribution in [2.24, 2.45) is 0 Å². The number of aryl methyl sites for hydroxylation is 1. The lowest BCUT2D eigenvalue weighted by Gasteiger charge is -2.21. The highest BCUT2D eigenvalue weighted by atomic mass is 19.3. The van der Waals surface area contributed by atoms with Gasteiger partial charge in [-0.05, 0) is 25.1 Å². The monoisotopic (exact) mass is 323 g/mol. The normalized spacial score (nSPS) is 19.8. The lowest BCUT2D eigenvalue weighted by Crippen LogP contribution is -2.33. The first-order chi connectivity index (χ1) is 10.9. The number of hydrogen-bond acceptors (Lipinski definition) is 5. The zero-order chi connectivity index (χ0) is 16.6. The number of alkyl halides is 2. The van der Waals surface area contributed by atoms with E-state index in [1.807, 2.05) is 0 Å². The van der Waals surface area contributed by atoms with Crippen molar-refractivity contribution in [3.05, 3.63) is 41.5 Å². The molecule has 0 N–H and O–H groups in total. The summed E-state index contributed by atoms with van der Waals surface area (Å²) in [6.07, 6.45) is -0.537. The van der Waals surface area contributed by atoms with E-state index in [0.717, 1.165) is 4.90 Å². The number of hydrogen-bond donors (Lipinski definition) is 0. The molecule has 0 aliphatic carbocycles. The Morgan fingerprint density at radius 1 is 1.48 bits per heavy atom. The number of likely N-dealkylation sites (tertiary alicyclic amines) is 1. The minimum absolute atomic E-state index is 0.0240. The van der Waals surface area contributed by atoms with Crippen LogP contribution in [0.15, 0.2) is 28.8 Å². The predicted molar refractivity (Wildman–Crippen MR) is 75.4 cm³/mol. The maximum atomic E-state index is 13.9. The molecule has 1 atom stereocenters. The minimum atomic E-state index is -3.00. The van der Waals surface area contributed by atoms with Crippen LogP contribution in [0.2, 0.25) is 0 Å². The molecule has 2 aromatic rings. The molecule has 1 fully saturated rings. The number of benzene rings is 1. The van der Waals surface area contributed by atoms with Gasteiger partial charge in [0, 0.05) is 12.0 Å². The van der Waals surface area contributed by atoms with Gasteiger partial charge in [0.05, 0.1) is 13.7 Å². The smallest absolute Gasteiger partial charge is 0.267 e. The summed E-state index contributed by atoms with van der Waals surface area (Å²) in [4.78, 5) is 17.7. The maximum Gasteiger partial charge on any atom is 0.267 e. The fourth-order valence-electron chi connectivity index (χ4n) is 2.62. The van der Waals surface area contributed by atoms with Gasteiger partial charge < -0.3 is 14.2 Å². The fraction of sp³-hybridized carbons (Fsp3) is 0.400. The van der Waals surface area contributed by atoms with Crippen molar-refractivity contribution in [1.29, 1.82) is 0 Å². The van der Waals surface area contributed by atoms with Gasteiger partial charge in [0.25, 0.3) is 11.8 Å². The van der Waals surface area contributed by atoms with E-state index in [1.165, 1.54) is 13.2 Å². The first-order valence-electron chi connectivity index (χ1n) is 7.03. The van der Waals surface area contributed by atoms with Crippen LogP contribution in [-0.2, 0) is 0 Å². The zero-order valence-corrected chi connectivity index (χ0v) is 12.6. The third-order valence-electron chi connectivity index (χ3n) is 3.68. The molecule has 23 heavy (non-hydrogen) atoms. The second-order valence-corrected chi connectivity index (χ2v) is 5.42. The summed E-state index contributed by atoms with van der Waals surface area (Å²) in [7, 11) is 1.47. The van der Waals surface area contributed by atoms with Crippen LogP contribution in [0.4, 0.5) is 8.78 Å². The van der Waals surface area contributed by atoms with Crippen LogP contribution in [0.1, 0.15) is 34.5 Å². The Labute approximate surface area is 131 Å². The van der Waals surface area contributed by atoms with Gasteiger partial charge in [0.15, 0.2) is 5.82 Å². The van der Waals surface area contributed by atoms with Crippen LogP contribution in [0.5, 0.6) is 5.75 Å². The Balaban J connectivity index is 1.93. The van der Waals surface area contributed by atoms with Crippen molar-refractivity contribution in [3.63, 3.8) is 0 Å². The molecule has 8 heteroatoms. The molecule has 6 nitrogen and oxygen atoms in total. The molecule has 122 valence electrons. The van der Waals surface area contributed by atoms with Crippen molar-refractivity contribution in [1.82, 2.24) is 15.0 Å². The second kappa shape index (κ2) is 5.60. The third-order valence-corrected chi connectivity index (χ3v) is 3.68. The topological polar surface area (TPSA) is 68.5 Å². The highest BCUT2D eigenvalue weighted by Gasteiger charge is 2.49. The zero-order valence-electron chi connectivity index (χ0n) is 12.6. The molecule has 1 amide bonds. The standard InChI is InChI=1S/C15H15F2N3O3/c1-9-18-13(23-19-9)12-7-15(16,17)8-20(12)14(21)10-4-3-5-11(6-10)22-2/h3-6,12H,7-8H2,1-2H3/t12-/m0/s1. The van der Waals surface area contributed by atoms with E-state index in [2.05, 4.69) is 10.1 Å². The van der Waals surface area contributed by atoms with Gasteiger partial charge >= 0.3 is 0 Å². The van der Waals surface area contributed by atoms with Crippen LogP contribution in [-0.4, -0.2) is 40.5 Å². The summed E-state index contributed by atoms with van der Waals surface area (Å²) in [5.74, 6) is -2.68. The Hall–Kier alpha value is -2.51. The lowest BCUT2D eigenvalue weighted by molar-refractivity contribution is 0.0117. The molecular formula is C15H15F2N3O3. The molecule has 0 spiro atoms. The summed E-state index contributed by atoms with van der Waals surface area (Å²) >= 11 is 0. The van der Waals surface area contributed by atoms with Crippen molar-refractivity contribution in [2.45, 2.75) is 25.3 Å². The maximum absolute atomic E-state index is 13.9. The number of rotatable bonds is 3. The average Bonchev–Trinajstić information content (AvgIpc) is 3.09. The molecule has 0 unspecified atom stereocenters. The fourth-order valence-corrected chi connectivity index (χ4v) is 2.62. The molecule has 1 aromatic heterocycles. The van der Waals surface area contributed by atoms with E-state index >= 15 is 0 Å². The number of aromatic nitrogens is 2. The van der Waals surface area contributed by atoms with E-state index in [9.17, 15) is 13.6 Å². The van der Waals surface area contributed by atoms with Gasteiger partial charge in [-0.3, -0.25) is 4.79 Å². The molecular weight excluding hydrogens is 308 g/mol. The number of halogens is 2. The Morgan fingerprint density at radius 3 is 2.91 bits per heavy atom. The van der Waals surface area contributed by atoms with Crippen molar-refractivity contribution in [3.8, 4) is 5.75 Å². The van der Waals surface area contributed by atoms with Gasteiger partial charge in [-0.25, -0.2) is 8.78 Å². The van der Waals surface area contributed by atoms with Gasteiger partial charge in [0.1, 0.15) is 11.8 Å². The van der Waals surface area contributed by atoms with E-state index in [4.69, 9.17) is 9.26 Å². The Morgan fingerprint density at radius 2 is 2.26 bits per heavy atom. The number of carbonyl (C=O) groups is 1. The van der Waals surface area contributed by atoms with Gasteiger partial charge in [-0.2, -0.15) is 4.98 Å². The second-order valence-electron chi connectivity index (χ2n) is 5.42. The van der Waals surface area contributed by atoms with Crippen LogP contribution >= 0.6 is 0 Å². The quantitative estimate of drug-likeness (QED) is 0.868. The Bertz CT molecular complexity index is 732. The van der Waals surface area contributed by atoms with Crippen molar-refractivity contribution in [2.75, 3.05) is 13.7 Å². The van der Waals surface area contributed by atoms with E-state index in [-0.39, 0.29) is 11.5 Å². The number of amides is 1. The first kappa shape index (κ1) is 15.4. The lowest BCUT2D eigenvalue weighted by atomic mass is 10.1. The van der Waals surface area contributed by atoms with Crippen molar-refractivity contribution < 1.29 is 22.8 Å². The molecule has 1 aliphatic heterocycles. The summed E-state index contributed by atoms with van der Waals surface area (Å²) < 4.78 is 37.8. The molecule has 1 aromatic carbocycles. The summed E-state index contributed by atoms with van der Waals surface area (Å²) in [5.41, 5.74) is 0.267. The molecule has 0 bridgehead atoms. The molecule has 1 saturated heterocycles. The summed E-state index contributed by atoms with van der Waals surface area (Å²) in [5, 5.41) is 3.61. The predicted octanol–water partition coefficient (Wildman–Crippen LogP) is 2.61. The summed E-state index contributed by atoms with van der Waals surface area (Å²) in [6.45, 7) is 0.906. The highest BCUT2D eigenvalue weighted by Crippen LogP contribution is 2.41. The van der Waals surface area contributed by atoms with Crippen molar-refractivity contribution >= 4 is 5.91 Å². The molecule has 2 heterocycles. The van der Waals surface area contributed by atoms with E-state index in [1.54, 1.807) is 25.1 Å². The van der Waals surface area contributed by atoms with Gasteiger partial charge in [-0.1, -0.05) is 11.2 Å².